The van der Waals surface area contributed by atoms with Crippen LogP contribution < -0.4 is 0 Å². The molecule has 100 valence electrons. The third-order valence-corrected chi connectivity index (χ3v) is 3.46. The Balaban J connectivity index is 2.04. The lowest BCUT2D eigenvalue weighted by atomic mass is 10.0. The number of aryl methyl sites for hydroxylation is 1. The van der Waals surface area contributed by atoms with Gasteiger partial charge in [-0.25, -0.2) is 0 Å². The lowest BCUT2D eigenvalue weighted by Gasteiger charge is -2.08. The van der Waals surface area contributed by atoms with Crippen molar-refractivity contribution in [2.75, 3.05) is 0 Å². The lowest BCUT2D eigenvalue weighted by molar-refractivity contribution is 1.21. The SMILES string of the molecule is Cc1nc(-c2ccccc2)ccc1-c1cccc(C#N)c1. The van der Waals surface area contributed by atoms with Gasteiger partial charge in [-0.1, -0.05) is 48.5 Å². The van der Waals surface area contributed by atoms with Crippen LogP contribution in [-0.4, -0.2) is 4.98 Å². The van der Waals surface area contributed by atoms with Crippen LogP contribution in [0.5, 0.6) is 0 Å². The van der Waals surface area contributed by atoms with E-state index in [-0.39, 0.29) is 0 Å². The van der Waals surface area contributed by atoms with E-state index in [0.717, 1.165) is 28.1 Å². The summed E-state index contributed by atoms with van der Waals surface area (Å²) >= 11 is 0. The molecule has 0 fully saturated rings. The Morgan fingerprint density at radius 2 is 1.62 bits per heavy atom. The molecule has 0 radical (unpaired) electrons. The van der Waals surface area contributed by atoms with Crippen LogP contribution in [0.15, 0.2) is 66.7 Å². The first-order chi connectivity index (χ1) is 10.3. The van der Waals surface area contributed by atoms with Gasteiger partial charge in [0.1, 0.15) is 0 Å². The maximum atomic E-state index is 9.01. The molecule has 2 nitrogen and oxygen atoms in total. The lowest BCUT2D eigenvalue weighted by Crippen LogP contribution is -1.91. The summed E-state index contributed by atoms with van der Waals surface area (Å²) in [4.78, 5) is 4.69. The van der Waals surface area contributed by atoms with Gasteiger partial charge in [0.2, 0.25) is 0 Å². The highest BCUT2D eigenvalue weighted by Crippen LogP contribution is 2.26. The third-order valence-electron chi connectivity index (χ3n) is 3.46. The number of hydrogen-bond donors (Lipinski definition) is 0. The molecule has 1 aromatic heterocycles. The predicted molar refractivity (Wildman–Crippen MR) is 84.6 cm³/mol. The monoisotopic (exact) mass is 270 g/mol. The minimum atomic E-state index is 0.666. The van der Waals surface area contributed by atoms with Crippen molar-refractivity contribution in [1.29, 1.82) is 5.26 Å². The molecule has 1 heterocycles. The van der Waals surface area contributed by atoms with Crippen molar-refractivity contribution in [2.45, 2.75) is 6.92 Å². The number of aromatic nitrogens is 1. The minimum Gasteiger partial charge on any atom is -0.252 e. The molecule has 0 aliphatic rings. The topological polar surface area (TPSA) is 36.7 Å². The summed E-state index contributed by atoms with van der Waals surface area (Å²) in [6.07, 6.45) is 0. The Kier molecular flexibility index (Phi) is 3.49. The summed E-state index contributed by atoms with van der Waals surface area (Å²) in [6, 6.07) is 24.0. The first-order valence-corrected chi connectivity index (χ1v) is 6.81. The van der Waals surface area contributed by atoms with Gasteiger partial charge in [-0.05, 0) is 30.7 Å². The van der Waals surface area contributed by atoms with E-state index < -0.39 is 0 Å². The zero-order valence-corrected chi connectivity index (χ0v) is 11.7. The molecule has 0 atom stereocenters. The van der Waals surface area contributed by atoms with E-state index in [2.05, 4.69) is 24.3 Å². The zero-order chi connectivity index (χ0) is 14.7. The molecule has 3 aromatic rings. The van der Waals surface area contributed by atoms with Gasteiger partial charge in [0.05, 0.1) is 17.3 Å². The van der Waals surface area contributed by atoms with Crippen molar-refractivity contribution in [2.24, 2.45) is 0 Å². The molecule has 21 heavy (non-hydrogen) atoms. The second kappa shape index (κ2) is 5.60. The van der Waals surface area contributed by atoms with Gasteiger partial charge in [-0.2, -0.15) is 5.26 Å². The number of rotatable bonds is 2. The summed E-state index contributed by atoms with van der Waals surface area (Å²) in [5, 5.41) is 9.01. The quantitative estimate of drug-likeness (QED) is 0.682. The van der Waals surface area contributed by atoms with Crippen molar-refractivity contribution in [3.63, 3.8) is 0 Å². The maximum absolute atomic E-state index is 9.01. The van der Waals surface area contributed by atoms with Crippen LogP contribution in [0.25, 0.3) is 22.4 Å². The number of benzene rings is 2. The van der Waals surface area contributed by atoms with Gasteiger partial charge < -0.3 is 0 Å². The van der Waals surface area contributed by atoms with Crippen molar-refractivity contribution in [3.05, 3.63) is 78.0 Å². The molecule has 0 aliphatic heterocycles. The number of nitrogens with zero attached hydrogens (tertiary/aromatic N) is 2. The Morgan fingerprint density at radius 3 is 2.33 bits per heavy atom. The average molecular weight is 270 g/mol. The van der Waals surface area contributed by atoms with Crippen molar-refractivity contribution in [3.8, 4) is 28.5 Å². The molecule has 0 amide bonds. The second-order valence-electron chi connectivity index (χ2n) is 4.89. The zero-order valence-electron chi connectivity index (χ0n) is 11.7. The van der Waals surface area contributed by atoms with Crippen LogP contribution in [0, 0.1) is 18.3 Å². The molecule has 0 spiro atoms. The highest BCUT2D eigenvalue weighted by atomic mass is 14.7. The molecule has 0 bridgehead atoms. The summed E-state index contributed by atoms with van der Waals surface area (Å²) in [5.74, 6) is 0. The minimum absolute atomic E-state index is 0.666. The Morgan fingerprint density at radius 1 is 0.857 bits per heavy atom. The summed E-state index contributed by atoms with van der Waals surface area (Å²) in [7, 11) is 0. The molecular formula is C19H14N2. The Bertz CT molecular complexity index is 814. The van der Waals surface area contributed by atoms with Crippen molar-refractivity contribution < 1.29 is 0 Å². The van der Waals surface area contributed by atoms with Crippen LogP contribution in [-0.2, 0) is 0 Å². The van der Waals surface area contributed by atoms with Crippen LogP contribution in [0.3, 0.4) is 0 Å². The van der Waals surface area contributed by atoms with E-state index in [0.29, 0.717) is 5.56 Å². The molecule has 3 rings (SSSR count). The highest BCUT2D eigenvalue weighted by Gasteiger charge is 2.06. The van der Waals surface area contributed by atoms with Crippen LogP contribution >= 0.6 is 0 Å². The van der Waals surface area contributed by atoms with Crippen molar-refractivity contribution >= 4 is 0 Å². The Hall–Kier alpha value is -2.92. The molecule has 0 saturated carbocycles. The van der Waals surface area contributed by atoms with E-state index >= 15 is 0 Å². The second-order valence-corrected chi connectivity index (χ2v) is 4.89. The van der Waals surface area contributed by atoms with E-state index in [1.807, 2.05) is 55.5 Å². The van der Waals surface area contributed by atoms with Crippen LogP contribution in [0.1, 0.15) is 11.3 Å². The summed E-state index contributed by atoms with van der Waals surface area (Å²) < 4.78 is 0. The van der Waals surface area contributed by atoms with E-state index in [1.54, 1.807) is 0 Å². The fraction of sp³-hybridized carbons (Fsp3) is 0.0526. The van der Waals surface area contributed by atoms with Gasteiger partial charge in [-0.3, -0.25) is 4.98 Å². The fourth-order valence-corrected chi connectivity index (χ4v) is 2.39. The fourth-order valence-electron chi connectivity index (χ4n) is 2.39. The molecule has 0 unspecified atom stereocenters. The van der Waals surface area contributed by atoms with Crippen LogP contribution in [0.4, 0.5) is 0 Å². The Labute approximate surface area is 124 Å². The van der Waals surface area contributed by atoms with E-state index in [9.17, 15) is 0 Å². The summed E-state index contributed by atoms with van der Waals surface area (Å²) in [5.41, 5.74) is 5.79. The van der Waals surface area contributed by atoms with Gasteiger partial charge >= 0.3 is 0 Å². The number of pyridine rings is 1. The predicted octanol–water partition coefficient (Wildman–Crippen LogP) is 4.60. The van der Waals surface area contributed by atoms with Gasteiger partial charge in [0.25, 0.3) is 0 Å². The van der Waals surface area contributed by atoms with Gasteiger partial charge in [0, 0.05) is 16.8 Å². The van der Waals surface area contributed by atoms with Crippen LogP contribution in [0.2, 0.25) is 0 Å². The van der Waals surface area contributed by atoms with Crippen molar-refractivity contribution in [1.82, 2.24) is 4.98 Å². The molecule has 2 aromatic carbocycles. The van der Waals surface area contributed by atoms with Gasteiger partial charge in [0.15, 0.2) is 0 Å². The highest BCUT2D eigenvalue weighted by molar-refractivity contribution is 5.70. The normalized spacial score (nSPS) is 10.1. The van der Waals surface area contributed by atoms with E-state index in [1.165, 1.54) is 0 Å². The number of nitriles is 1. The van der Waals surface area contributed by atoms with E-state index in [4.69, 9.17) is 10.2 Å². The first-order valence-electron chi connectivity index (χ1n) is 6.81. The average Bonchev–Trinajstić information content (AvgIpc) is 2.55. The smallest absolute Gasteiger partial charge is 0.0991 e. The molecule has 0 aliphatic carbocycles. The summed E-state index contributed by atoms with van der Waals surface area (Å²) in [6.45, 7) is 2.00. The van der Waals surface area contributed by atoms with Gasteiger partial charge in [-0.15, -0.1) is 0 Å². The molecular weight excluding hydrogens is 256 g/mol. The number of hydrogen-bond acceptors (Lipinski definition) is 2. The third kappa shape index (κ3) is 2.68. The molecule has 0 saturated heterocycles. The largest absolute Gasteiger partial charge is 0.252 e. The first kappa shape index (κ1) is 13.1. The molecule has 0 N–H and O–H groups in total. The maximum Gasteiger partial charge on any atom is 0.0991 e. The standard InChI is InChI=1S/C19H14N2/c1-14-18(17-9-5-6-15(12-17)13-20)10-11-19(21-14)16-7-3-2-4-8-16/h2-12H,1H3. The molecule has 2 heteroatoms.